The summed E-state index contributed by atoms with van der Waals surface area (Å²) in [4.78, 5) is 6.67. The maximum atomic E-state index is 5.51. The number of aliphatic imine (C=N–C) groups is 1. The van der Waals surface area contributed by atoms with Crippen molar-refractivity contribution in [2.45, 2.75) is 19.8 Å². The van der Waals surface area contributed by atoms with Crippen LogP contribution in [0.15, 0.2) is 27.8 Å². The minimum absolute atomic E-state index is 0. The predicted octanol–water partition coefficient (Wildman–Crippen LogP) is 2.37. The smallest absolute Gasteiger partial charge is 0.193 e. The Balaban J connectivity index is 0.00000220. The Bertz CT molecular complexity index is 409. The zero-order valence-corrected chi connectivity index (χ0v) is 15.2. The number of guanidine groups is 1. The van der Waals surface area contributed by atoms with Gasteiger partial charge in [-0.15, -0.1) is 24.0 Å². The average molecular weight is 407 g/mol. The maximum Gasteiger partial charge on any atom is 0.193 e. The molecular formula is C15H26IN3O2. The van der Waals surface area contributed by atoms with Gasteiger partial charge in [-0.05, 0) is 25.5 Å². The van der Waals surface area contributed by atoms with Crippen LogP contribution in [0.4, 0.5) is 0 Å². The Morgan fingerprint density at radius 2 is 2.43 bits per heavy atom. The Morgan fingerprint density at radius 3 is 3.10 bits per heavy atom. The quantitative estimate of drug-likeness (QED) is 0.447. The van der Waals surface area contributed by atoms with Crippen LogP contribution >= 0.6 is 24.0 Å². The van der Waals surface area contributed by atoms with Gasteiger partial charge in [0.1, 0.15) is 5.76 Å². The Hall–Kier alpha value is -0.760. The first kappa shape index (κ1) is 18.3. The van der Waals surface area contributed by atoms with Crippen molar-refractivity contribution >= 4 is 29.9 Å². The average Bonchev–Trinajstić information content (AvgIpc) is 3.13. The lowest BCUT2D eigenvalue weighted by Crippen LogP contribution is -2.41. The van der Waals surface area contributed by atoms with E-state index in [0.717, 1.165) is 51.0 Å². The number of ether oxygens (including phenoxy) is 1. The number of hydrogen-bond acceptors (Lipinski definition) is 3. The number of hydrogen-bond donors (Lipinski definition) is 1. The molecule has 5 nitrogen and oxygen atoms in total. The molecule has 2 heterocycles. The van der Waals surface area contributed by atoms with Crippen LogP contribution in [0, 0.1) is 5.92 Å². The lowest BCUT2D eigenvalue weighted by molar-refractivity contribution is 0.114. The van der Waals surface area contributed by atoms with Crippen LogP contribution in [-0.4, -0.2) is 50.8 Å². The second kappa shape index (κ2) is 10.0. The van der Waals surface area contributed by atoms with Crippen molar-refractivity contribution < 1.29 is 9.15 Å². The van der Waals surface area contributed by atoms with E-state index in [-0.39, 0.29) is 24.0 Å². The second-order valence-electron chi connectivity index (χ2n) is 5.06. The molecule has 1 aliphatic rings. The molecule has 0 amide bonds. The minimum atomic E-state index is 0. The number of nitrogens with one attached hydrogen (secondary N) is 1. The summed E-state index contributed by atoms with van der Waals surface area (Å²) >= 11 is 0. The Morgan fingerprint density at radius 1 is 1.57 bits per heavy atom. The Labute approximate surface area is 144 Å². The van der Waals surface area contributed by atoms with Gasteiger partial charge in [-0.3, -0.25) is 4.99 Å². The third-order valence-corrected chi connectivity index (χ3v) is 3.59. The highest BCUT2D eigenvalue weighted by Crippen LogP contribution is 2.16. The van der Waals surface area contributed by atoms with E-state index in [0.29, 0.717) is 5.92 Å². The number of furan rings is 1. The summed E-state index contributed by atoms with van der Waals surface area (Å²) in [6, 6.07) is 3.92. The molecule has 0 bridgehead atoms. The monoisotopic (exact) mass is 407 g/mol. The highest BCUT2D eigenvalue weighted by atomic mass is 127. The van der Waals surface area contributed by atoms with Crippen LogP contribution in [0.5, 0.6) is 0 Å². The molecule has 0 saturated carbocycles. The highest BCUT2D eigenvalue weighted by Gasteiger charge is 2.24. The van der Waals surface area contributed by atoms with Crippen molar-refractivity contribution in [2.24, 2.45) is 10.9 Å². The number of likely N-dealkylation sites (tertiary alicyclic amines) is 1. The summed E-state index contributed by atoms with van der Waals surface area (Å²) in [6.45, 7) is 6.62. The molecule has 1 fully saturated rings. The van der Waals surface area contributed by atoms with Crippen LogP contribution in [0.25, 0.3) is 0 Å². The van der Waals surface area contributed by atoms with Gasteiger partial charge in [-0.2, -0.15) is 0 Å². The topological polar surface area (TPSA) is 50.0 Å². The normalized spacial score (nSPS) is 18.7. The lowest BCUT2D eigenvalue weighted by Gasteiger charge is -2.21. The molecule has 1 aliphatic heterocycles. The van der Waals surface area contributed by atoms with E-state index in [2.05, 4.69) is 15.2 Å². The first-order chi connectivity index (χ1) is 9.83. The first-order valence-electron chi connectivity index (χ1n) is 7.39. The van der Waals surface area contributed by atoms with E-state index in [1.807, 2.05) is 26.1 Å². The van der Waals surface area contributed by atoms with Gasteiger partial charge >= 0.3 is 0 Å². The van der Waals surface area contributed by atoms with Crippen LogP contribution in [-0.2, 0) is 11.2 Å². The van der Waals surface area contributed by atoms with Crippen molar-refractivity contribution in [1.29, 1.82) is 0 Å². The zero-order chi connectivity index (χ0) is 14.2. The van der Waals surface area contributed by atoms with Crippen molar-refractivity contribution in [3.8, 4) is 0 Å². The molecule has 6 heteroatoms. The maximum absolute atomic E-state index is 5.51. The Kier molecular flexibility index (Phi) is 8.75. The van der Waals surface area contributed by atoms with E-state index in [9.17, 15) is 0 Å². The number of halogens is 1. The molecule has 0 aliphatic carbocycles. The van der Waals surface area contributed by atoms with E-state index >= 15 is 0 Å². The van der Waals surface area contributed by atoms with Gasteiger partial charge in [0.15, 0.2) is 5.96 Å². The van der Waals surface area contributed by atoms with Crippen molar-refractivity contribution in [3.05, 3.63) is 24.2 Å². The minimum Gasteiger partial charge on any atom is -0.469 e. The van der Waals surface area contributed by atoms with Crippen LogP contribution < -0.4 is 5.32 Å². The zero-order valence-electron chi connectivity index (χ0n) is 12.9. The summed E-state index contributed by atoms with van der Waals surface area (Å²) in [5.74, 6) is 2.61. The van der Waals surface area contributed by atoms with Crippen LogP contribution in [0.1, 0.15) is 19.1 Å². The fourth-order valence-corrected chi connectivity index (χ4v) is 2.53. The summed E-state index contributed by atoms with van der Waals surface area (Å²) in [6.07, 6.45) is 3.77. The van der Waals surface area contributed by atoms with Gasteiger partial charge in [-0.25, -0.2) is 0 Å². The number of nitrogens with zero attached hydrogens (tertiary/aromatic N) is 2. The molecule has 1 atom stereocenters. The largest absolute Gasteiger partial charge is 0.469 e. The standard InChI is InChI=1S/C15H25N3O2.HI/c1-3-19-12-13-7-9-18(11-13)15(16-2)17-8-6-14-5-4-10-20-14;/h4-5,10,13H,3,6-9,11-12H2,1-2H3,(H,16,17);1H. The summed E-state index contributed by atoms with van der Waals surface area (Å²) in [7, 11) is 1.84. The molecule has 0 radical (unpaired) electrons. The molecule has 0 spiro atoms. The van der Waals surface area contributed by atoms with Gasteiger partial charge in [-0.1, -0.05) is 0 Å². The van der Waals surface area contributed by atoms with Gasteiger partial charge in [0.25, 0.3) is 0 Å². The highest BCUT2D eigenvalue weighted by molar-refractivity contribution is 14.0. The third kappa shape index (κ3) is 5.86. The van der Waals surface area contributed by atoms with Crippen molar-refractivity contribution in [2.75, 3.05) is 39.9 Å². The van der Waals surface area contributed by atoms with Gasteiger partial charge < -0.3 is 19.4 Å². The first-order valence-corrected chi connectivity index (χ1v) is 7.39. The molecule has 0 aromatic carbocycles. The van der Waals surface area contributed by atoms with Crippen LogP contribution in [0.3, 0.4) is 0 Å². The molecule has 1 aromatic heterocycles. The molecule has 120 valence electrons. The van der Waals surface area contributed by atoms with Crippen LogP contribution in [0.2, 0.25) is 0 Å². The third-order valence-electron chi connectivity index (χ3n) is 3.59. The summed E-state index contributed by atoms with van der Waals surface area (Å²) < 4.78 is 10.8. The predicted molar refractivity (Wildman–Crippen MR) is 95.4 cm³/mol. The lowest BCUT2D eigenvalue weighted by atomic mass is 10.1. The van der Waals surface area contributed by atoms with E-state index in [1.54, 1.807) is 6.26 Å². The van der Waals surface area contributed by atoms with Gasteiger partial charge in [0, 0.05) is 45.6 Å². The molecule has 1 N–H and O–H groups in total. The number of rotatable bonds is 6. The molecule has 1 saturated heterocycles. The summed E-state index contributed by atoms with van der Waals surface area (Å²) in [5, 5.41) is 3.40. The van der Waals surface area contributed by atoms with Crippen molar-refractivity contribution in [1.82, 2.24) is 10.2 Å². The SMILES string of the molecule is CCOCC1CCN(C(=NC)NCCc2ccco2)C1.I. The van der Waals surface area contributed by atoms with E-state index in [1.165, 1.54) is 6.42 Å². The fraction of sp³-hybridized carbons (Fsp3) is 0.667. The molecule has 2 rings (SSSR count). The van der Waals surface area contributed by atoms with Gasteiger partial charge in [0.05, 0.1) is 12.9 Å². The summed E-state index contributed by atoms with van der Waals surface area (Å²) in [5.41, 5.74) is 0. The van der Waals surface area contributed by atoms with E-state index < -0.39 is 0 Å². The van der Waals surface area contributed by atoms with Gasteiger partial charge in [0.2, 0.25) is 0 Å². The molecule has 1 unspecified atom stereocenters. The fourth-order valence-electron chi connectivity index (χ4n) is 2.53. The molecular weight excluding hydrogens is 381 g/mol. The molecule has 21 heavy (non-hydrogen) atoms. The molecule has 1 aromatic rings. The van der Waals surface area contributed by atoms with Crippen molar-refractivity contribution in [3.63, 3.8) is 0 Å². The second-order valence-corrected chi connectivity index (χ2v) is 5.06. The van der Waals surface area contributed by atoms with E-state index in [4.69, 9.17) is 9.15 Å².